The van der Waals surface area contributed by atoms with E-state index in [1.165, 1.54) is 0 Å². The molecular formula is C7H12O2S. The Kier molecular flexibility index (Phi) is 4.40. The van der Waals surface area contributed by atoms with Crippen LogP contribution in [0.2, 0.25) is 0 Å². The second-order valence-corrected chi connectivity index (χ2v) is 3.09. The van der Waals surface area contributed by atoms with Gasteiger partial charge in [-0.3, -0.25) is 4.79 Å². The molecule has 58 valence electrons. The number of thiol groups is 1. The van der Waals surface area contributed by atoms with Crippen LogP contribution in [0.25, 0.3) is 0 Å². The van der Waals surface area contributed by atoms with Crippen molar-refractivity contribution in [3.05, 3.63) is 12.7 Å². The quantitative estimate of drug-likeness (QED) is 0.472. The Labute approximate surface area is 66.4 Å². The topological polar surface area (TPSA) is 37.3 Å². The summed E-state index contributed by atoms with van der Waals surface area (Å²) >= 11 is 4.02. The number of rotatable bonds is 4. The Balaban J connectivity index is 3.72. The van der Waals surface area contributed by atoms with Crippen molar-refractivity contribution in [3.8, 4) is 0 Å². The van der Waals surface area contributed by atoms with Gasteiger partial charge in [0.2, 0.25) is 0 Å². The predicted molar refractivity (Wildman–Crippen MR) is 44.3 cm³/mol. The monoisotopic (exact) mass is 160 g/mol. The molecule has 0 fully saturated rings. The van der Waals surface area contributed by atoms with E-state index in [-0.39, 0.29) is 11.0 Å². The summed E-state index contributed by atoms with van der Waals surface area (Å²) in [4.78, 5) is 10.6. The van der Waals surface area contributed by atoms with Crippen LogP contribution in [0.5, 0.6) is 0 Å². The second-order valence-electron chi connectivity index (χ2n) is 2.21. The Morgan fingerprint density at radius 3 is 2.70 bits per heavy atom. The Bertz CT molecular complexity index is 132. The van der Waals surface area contributed by atoms with Crippen LogP contribution in [-0.4, -0.2) is 22.2 Å². The van der Waals surface area contributed by atoms with E-state index in [4.69, 9.17) is 5.11 Å². The first kappa shape index (κ1) is 9.72. The minimum atomic E-state index is -0.926. The van der Waals surface area contributed by atoms with Crippen LogP contribution in [-0.2, 0) is 4.79 Å². The summed E-state index contributed by atoms with van der Waals surface area (Å²) < 4.78 is 0. The molecule has 0 spiro atoms. The number of ketones is 1. The minimum absolute atomic E-state index is 0.0406. The Morgan fingerprint density at radius 2 is 2.40 bits per heavy atom. The molecule has 0 aromatic carbocycles. The van der Waals surface area contributed by atoms with Gasteiger partial charge in [0.15, 0.2) is 5.78 Å². The molecule has 0 radical (unpaired) electrons. The summed E-state index contributed by atoms with van der Waals surface area (Å²) in [7, 11) is 0. The van der Waals surface area contributed by atoms with Crippen molar-refractivity contribution in [1.29, 1.82) is 0 Å². The van der Waals surface area contributed by atoms with Gasteiger partial charge in [0.25, 0.3) is 0 Å². The molecule has 10 heavy (non-hydrogen) atoms. The number of carbonyl (C=O) groups is 1. The third-order valence-electron chi connectivity index (χ3n) is 1.09. The zero-order valence-corrected chi connectivity index (χ0v) is 6.84. The van der Waals surface area contributed by atoms with Crippen LogP contribution in [0.3, 0.4) is 0 Å². The van der Waals surface area contributed by atoms with Crippen molar-refractivity contribution in [3.63, 3.8) is 0 Å². The molecular weight excluding hydrogens is 148 g/mol. The summed E-state index contributed by atoms with van der Waals surface area (Å²) in [6.07, 6.45) is 0.583. The molecule has 0 aliphatic carbocycles. The fourth-order valence-electron chi connectivity index (χ4n) is 0.575. The average Bonchev–Trinajstić information content (AvgIpc) is 1.85. The lowest BCUT2D eigenvalue weighted by molar-refractivity contribution is -0.122. The van der Waals surface area contributed by atoms with E-state index < -0.39 is 6.10 Å². The molecule has 0 aromatic rings. The average molecular weight is 160 g/mol. The van der Waals surface area contributed by atoms with E-state index in [1.807, 2.05) is 6.92 Å². The summed E-state index contributed by atoms with van der Waals surface area (Å²) in [6, 6.07) is 0. The number of carbonyl (C=O) groups excluding carboxylic acids is 1. The molecule has 0 aliphatic rings. The largest absolute Gasteiger partial charge is 0.385 e. The van der Waals surface area contributed by atoms with Crippen LogP contribution in [0.1, 0.15) is 13.3 Å². The number of hydrogen-bond donors (Lipinski definition) is 2. The third kappa shape index (κ3) is 3.69. The molecule has 2 unspecified atom stereocenters. The molecule has 0 saturated carbocycles. The minimum Gasteiger partial charge on any atom is -0.385 e. The van der Waals surface area contributed by atoms with Gasteiger partial charge in [-0.2, -0.15) is 12.6 Å². The lowest BCUT2D eigenvalue weighted by Crippen LogP contribution is -2.20. The molecule has 0 rings (SSSR count). The van der Waals surface area contributed by atoms with Gasteiger partial charge in [-0.15, -0.1) is 0 Å². The smallest absolute Gasteiger partial charge is 0.183 e. The number of hydrogen-bond acceptors (Lipinski definition) is 3. The van der Waals surface area contributed by atoms with Crippen molar-refractivity contribution >= 4 is 18.4 Å². The summed E-state index contributed by atoms with van der Waals surface area (Å²) in [5, 5.41) is 9.06. The van der Waals surface area contributed by atoms with Crippen molar-refractivity contribution in [2.45, 2.75) is 24.7 Å². The standard InChI is InChI=1S/C7H12O2S/c1-3-6(8)7(9)4-5(2)10/h3,5,7,9-10H,1,4H2,2H3. The van der Waals surface area contributed by atoms with Gasteiger partial charge in [0, 0.05) is 5.25 Å². The van der Waals surface area contributed by atoms with Gasteiger partial charge >= 0.3 is 0 Å². The summed E-state index contributed by atoms with van der Waals surface area (Å²) in [5.74, 6) is -0.332. The molecule has 0 aliphatic heterocycles. The maximum Gasteiger partial charge on any atom is 0.183 e. The number of aliphatic hydroxyl groups excluding tert-OH is 1. The van der Waals surface area contributed by atoms with E-state index >= 15 is 0 Å². The molecule has 0 amide bonds. The lowest BCUT2D eigenvalue weighted by Gasteiger charge is -2.07. The van der Waals surface area contributed by atoms with E-state index in [9.17, 15) is 4.79 Å². The van der Waals surface area contributed by atoms with E-state index in [0.717, 1.165) is 6.08 Å². The molecule has 2 atom stereocenters. The van der Waals surface area contributed by atoms with Gasteiger partial charge in [0.1, 0.15) is 6.10 Å². The molecule has 0 saturated heterocycles. The molecule has 0 heterocycles. The zero-order valence-electron chi connectivity index (χ0n) is 5.95. The predicted octanol–water partition coefficient (Wildman–Crippen LogP) is 0.811. The van der Waals surface area contributed by atoms with Gasteiger partial charge in [0.05, 0.1) is 0 Å². The Hall–Kier alpha value is -0.280. The zero-order chi connectivity index (χ0) is 8.15. The van der Waals surface area contributed by atoms with Crippen LogP contribution in [0, 0.1) is 0 Å². The van der Waals surface area contributed by atoms with Crippen molar-refractivity contribution in [1.82, 2.24) is 0 Å². The lowest BCUT2D eigenvalue weighted by atomic mass is 10.1. The SMILES string of the molecule is C=CC(=O)C(O)CC(C)S. The highest BCUT2D eigenvalue weighted by atomic mass is 32.1. The van der Waals surface area contributed by atoms with Crippen molar-refractivity contribution < 1.29 is 9.90 Å². The maximum absolute atomic E-state index is 10.6. The van der Waals surface area contributed by atoms with Gasteiger partial charge < -0.3 is 5.11 Å². The van der Waals surface area contributed by atoms with Crippen LogP contribution >= 0.6 is 12.6 Å². The molecule has 2 nitrogen and oxygen atoms in total. The highest BCUT2D eigenvalue weighted by Crippen LogP contribution is 2.04. The first-order valence-corrected chi connectivity index (χ1v) is 3.62. The van der Waals surface area contributed by atoms with E-state index in [2.05, 4.69) is 19.2 Å². The van der Waals surface area contributed by atoms with Gasteiger partial charge in [-0.05, 0) is 12.5 Å². The summed E-state index contributed by atoms with van der Waals surface area (Å²) in [5.41, 5.74) is 0. The molecule has 1 N–H and O–H groups in total. The highest BCUT2D eigenvalue weighted by Gasteiger charge is 2.12. The van der Waals surface area contributed by atoms with Crippen molar-refractivity contribution in [2.75, 3.05) is 0 Å². The first-order valence-electron chi connectivity index (χ1n) is 3.10. The van der Waals surface area contributed by atoms with Crippen molar-refractivity contribution in [2.24, 2.45) is 0 Å². The van der Waals surface area contributed by atoms with Crippen LogP contribution in [0.4, 0.5) is 0 Å². The fourth-order valence-corrected chi connectivity index (χ4v) is 0.775. The van der Waals surface area contributed by atoms with Gasteiger partial charge in [-0.1, -0.05) is 13.5 Å². The first-order chi connectivity index (χ1) is 4.57. The molecule has 3 heteroatoms. The molecule has 0 aromatic heterocycles. The van der Waals surface area contributed by atoms with Crippen LogP contribution in [0.15, 0.2) is 12.7 Å². The van der Waals surface area contributed by atoms with E-state index in [1.54, 1.807) is 0 Å². The van der Waals surface area contributed by atoms with E-state index in [0.29, 0.717) is 6.42 Å². The normalized spacial score (nSPS) is 15.9. The maximum atomic E-state index is 10.6. The van der Waals surface area contributed by atoms with Gasteiger partial charge in [-0.25, -0.2) is 0 Å². The highest BCUT2D eigenvalue weighted by molar-refractivity contribution is 7.80. The third-order valence-corrected chi connectivity index (χ3v) is 1.30. The summed E-state index contributed by atoms with van der Waals surface area (Å²) in [6.45, 7) is 5.08. The van der Waals surface area contributed by atoms with Crippen LogP contribution < -0.4 is 0 Å². The fraction of sp³-hybridized carbons (Fsp3) is 0.571. The molecule has 0 bridgehead atoms. The number of aliphatic hydroxyl groups is 1. The second kappa shape index (κ2) is 4.52. The Morgan fingerprint density at radius 1 is 1.90 bits per heavy atom.